The average molecular weight is 234 g/mol. The van der Waals surface area contributed by atoms with Gasteiger partial charge in [0.1, 0.15) is 5.75 Å². The van der Waals surface area contributed by atoms with Gasteiger partial charge in [0.25, 0.3) is 0 Å². The Bertz CT molecular complexity index is 372. The summed E-state index contributed by atoms with van der Waals surface area (Å²) in [7, 11) is 1.70. The van der Waals surface area contributed by atoms with Gasteiger partial charge in [-0.15, -0.1) is 0 Å². The van der Waals surface area contributed by atoms with E-state index in [0.717, 1.165) is 23.7 Å². The normalized spacial score (nSPS) is 16.0. The molecule has 0 atom stereocenters. The molecule has 0 radical (unpaired) electrons. The molecule has 3 nitrogen and oxygen atoms in total. The van der Waals surface area contributed by atoms with Crippen LogP contribution in [0.15, 0.2) is 12.1 Å². The van der Waals surface area contributed by atoms with E-state index in [2.05, 4.69) is 30.2 Å². The molecule has 1 N–H and O–H groups in total. The summed E-state index contributed by atoms with van der Waals surface area (Å²) in [6, 6.07) is 4.79. The summed E-state index contributed by atoms with van der Waals surface area (Å²) in [5, 5.41) is 3.54. The van der Waals surface area contributed by atoms with E-state index in [9.17, 15) is 0 Å². The first-order chi connectivity index (χ1) is 8.20. The van der Waals surface area contributed by atoms with Crippen molar-refractivity contribution in [3.63, 3.8) is 0 Å². The van der Waals surface area contributed by atoms with Crippen LogP contribution in [0, 0.1) is 0 Å². The van der Waals surface area contributed by atoms with Crippen LogP contribution in [0.3, 0.4) is 0 Å². The van der Waals surface area contributed by atoms with E-state index in [1.54, 1.807) is 7.11 Å². The highest BCUT2D eigenvalue weighted by atomic mass is 16.5. The standard InChI is InChI=1S/C14H22N2O/c1-10(2)14-13(17-3)8-7-12(16-14)9-15-11-5-4-6-11/h7-8,10-11,15H,4-6,9H2,1-3H3. The first-order valence-corrected chi connectivity index (χ1v) is 6.48. The number of nitrogens with zero attached hydrogens (tertiary/aromatic N) is 1. The minimum absolute atomic E-state index is 0.397. The van der Waals surface area contributed by atoms with Gasteiger partial charge in [0.15, 0.2) is 0 Å². The fourth-order valence-electron chi connectivity index (χ4n) is 2.05. The molecule has 1 heterocycles. The maximum Gasteiger partial charge on any atom is 0.140 e. The minimum Gasteiger partial charge on any atom is -0.495 e. The SMILES string of the molecule is COc1ccc(CNC2CCC2)nc1C(C)C. The topological polar surface area (TPSA) is 34.1 Å². The molecule has 1 saturated carbocycles. The molecule has 1 aromatic heterocycles. The van der Waals surface area contributed by atoms with Gasteiger partial charge in [0, 0.05) is 12.6 Å². The van der Waals surface area contributed by atoms with Crippen LogP contribution in [0.4, 0.5) is 0 Å². The highest BCUT2D eigenvalue weighted by Gasteiger charge is 2.17. The lowest BCUT2D eigenvalue weighted by atomic mass is 9.93. The van der Waals surface area contributed by atoms with E-state index in [4.69, 9.17) is 4.74 Å². The second kappa shape index (κ2) is 5.50. The monoisotopic (exact) mass is 234 g/mol. The molecule has 0 amide bonds. The second-order valence-corrected chi connectivity index (χ2v) is 5.05. The van der Waals surface area contributed by atoms with Crippen molar-refractivity contribution in [2.75, 3.05) is 7.11 Å². The maximum atomic E-state index is 5.34. The van der Waals surface area contributed by atoms with Crippen LogP contribution < -0.4 is 10.1 Å². The zero-order chi connectivity index (χ0) is 12.3. The van der Waals surface area contributed by atoms with E-state index in [1.807, 2.05) is 6.07 Å². The van der Waals surface area contributed by atoms with E-state index >= 15 is 0 Å². The second-order valence-electron chi connectivity index (χ2n) is 5.05. The van der Waals surface area contributed by atoms with Crippen molar-refractivity contribution in [3.8, 4) is 5.75 Å². The van der Waals surface area contributed by atoms with Gasteiger partial charge in [0.2, 0.25) is 0 Å². The number of aromatic nitrogens is 1. The van der Waals surface area contributed by atoms with Gasteiger partial charge in [0.05, 0.1) is 18.5 Å². The van der Waals surface area contributed by atoms with Gasteiger partial charge in [-0.3, -0.25) is 4.98 Å². The lowest BCUT2D eigenvalue weighted by Crippen LogP contribution is -2.34. The summed E-state index contributed by atoms with van der Waals surface area (Å²) in [4.78, 5) is 4.69. The third-order valence-electron chi connectivity index (χ3n) is 3.39. The van der Waals surface area contributed by atoms with Crippen molar-refractivity contribution < 1.29 is 4.74 Å². The molecule has 0 aliphatic heterocycles. The van der Waals surface area contributed by atoms with E-state index in [-0.39, 0.29) is 0 Å². The Morgan fingerprint density at radius 2 is 2.18 bits per heavy atom. The number of rotatable bonds is 5. The summed E-state index contributed by atoms with van der Waals surface area (Å²) in [6.45, 7) is 5.16. The predicted molar refractivity (Wildman–Crippen MR) is 69.4 cm³/mol. The van der Waals surface area contributed by atoms with Crippen molar-refractivity contribution in [2.45, 2.75) is 51.6 Å². The zero-order valence-electron chi connectivity index (χ0n) is 11.0. The summed E-state index contributed by atoms with van der Waals surface area (Å²) >= 11 is 0. The third kappa shape index (κ3) is 2.97. The first-order valence-electron chi connectivity index (χ1n) is 6.48. The van der Waals surface area contributed by atoms with Crippen LogP contribution in [0.2, 0.25) is 0 Å². The molecule has 17 heavy (non-hydrogen) atoms. The molecule has 0 saturated heterocycles. The molecule has 94 valence electrons. The summed E-state index contributed by atoms with van der Waals surface area (Å²) < 4.78 is 5.34. The molecule has 1 fully saturated rings. The van der Waals surface area contributed by atoms with Crippen LogP contribution >= 0.6 is 0 Å². The number of pyridine rings is 1. The van der Waals surface area contributed by atoms with E-state index in [1.165, 1.54) is 19.3 Å². The Labute approximate surface area is 104 Å². The van der Waals surface area contributed by atoms with Gasteiger partial charge >= 0.3 is 0 Å². The van der Waals surface area contributed by atoms with Crippen LogP contribution in [0.5, 0.6) is 5.75 Å². The zero-order valence-corrected chi connectivity index (χ0v) is 11.0. The van der Waals surface area contributed by atoms with Crippen LogP contribution in [0.25, 0.3) is 0 Å². The smallest absolute Gasteiger partial charge is 0.140 e. The third-order valence-corrected chi connectivity index (χ3v) is 3.39. The Hall–Kier alpha value is -1.09. The Balaban J connectivity index is 2.04. The highest BCUT2D eigenvalue weighted by Crippen LogP contribution is 2.24. The molecule has 0 aromatic carbocycles. The summed E-state index contributed by atoms with van der Waals surface area (Å²) in [5.41, 5.74) is 2.17. The molecule has 0 spiro atoms. The van der Waals surface area contributed by atoms with Gasteiger partial charge in [-0.25, -0.2) is 0 Å². The molecule has 1 aliphatic rings. The molecular formula is C14H22N2O. The van der Waals surface area contributed by atoms with Gasteiger partial charge in [-0.1, -0.05) is 20.3 Å². The minimum atomic E-state index is 0.397. The van der Waals surface area contributed by atoms with Crippen molar-refractivity contribution >= 4 is 0 Å². The average Bonchev–Trinajstić information content (AvgIpc) is 2.26. The fourth-order valence-corrected chi connectivity index (χ4v) is 2.05. The van der Waals surface area contributed by atoms with Gasteiger partial charge in [-0.05, 0) is 30.9 Å². The molecule has 1 aliphatic carbocycles. The first kappa shape index (κ1) is 12.4. The maximum absolute atomic E-state index is 5.34. The largest absolute Gasteiger partial charge is 0.495 e. The number of nitrogens with one attached hydrogen (secondary N) is 1. The van der Waals surface area contributed by atoms with Gasteiger partial charge < -0.3 is 10.1 Å². The Morgan fingerprint density at radius 1 is 1.41 bits per heavy atom. The van der Waals surface area contributed by atoms with Crippen molar-refractivity contribution in [1.29, 1.82) is 0 Å². The molecule has 0 unspecified atom stereocenters. The number of ether oxygens (including phenoxy) is 1. The van der Waals surface area contributed by atoms with Crippen molar-refractivity contribution in [1.82, 2.24) is 10.3 Å². The van der Waals surface area contributed by atoms with Crippen LogP contribution in [-0.4, -0.2) is 18.1 Å². The highest BCUT2D eigenvalue weighted by molar-refractivity contribution is 5.31. The summed E-state index contributed by atoms with van der Waals surface area (Å²) in [6.07, 6.45) is 3.99. The van der Waals surface area contributed by atoms with Crippen molar-refractivity contribution in [3.05, 3.63) is 23.5 Å². The van der Waals surface area contributed by atoms with Crippen molar-refractivity contribution in [2.24, 2.45) is 0 Å². The Kier molecular flexibility index (Phi) is 4.00. The fraction of sp³-hybridized carbons (Fsp3) is 0.643. The lowest BCUT2D eigenvalue weighted by Gasteiger charge is -2.26. The number of methoxy groups -OCH3 is 1. The number of hydrogen-bond donors (Lipinski definition) is 1. The van der Waals surface area contributed by atoms with Crippen LogP contribution in [-0.2, 0) is 6.54 Å². The van der Waals surface area contributed by atoms with Gasteiger partial charge in [-0.2, -0.15) is 0 Å². The van der Waals surface area contributed by atoms with E-state index in [0.29, 0.717) is 12.0 Å². The predicted octanol–water partition coefficient (Wildman–Crippen LogP) is 2.86. The van der Waals surface area contributed by atoms with E-state index < -0.39 is 0 Å². The molecule has 3 heteroatoms. The molecule has 2 rings (SSSR count). The molecule has 0 bridgehead atoms. The Morgan fingerprint density at radius 3 is 2.71 bits per heavy atom. The number of hydrogen-bond acceptors (Lipinski definition) is 3. The molecule has 1 aromatic rings. The summed E-state index contributed by atoms with van der Waals surface area (Å²) in [5.74, 6) is 1.29. The quantitative estimate of drug-likeness (QED) is 0.850. The lowest BCUT2D eigenvalue weighted by molar-refractivity contribution is 0.336. The van der Waals surface area contributed by atoms with Crippen LogP contribution in [0.1, 0.15) is 50.4 Å². The molecular weight excluding hydrogens is 212 g/mol.